The molecule has 1 atom stereocenters. The topological polar surface area (TPSA) is 70.1 Å². The Kier molecular flexibility index (Phi) is 4.76. The third-order valence-corrected chi connectivity index (χ3v) is 4.74. The smallest absolute Gasteiger partial charge is 0.325 e. The lowest BCUT2D eigenvalue weighted by atomic mass is 10.0. The summed E-state index contributed by atoms with van der Waals surface area (Å²) >= 11 is 1.42. The van der Waals surface area contributed by atoms with Gasteiger partial charge in [-0.1, -0.05) is 30.4 Å². The highest BCUT2D eigenvalue weighted by molar-refractivity contribution is 7.19. The van der Waals surface area contributed by atoms with Crippen molar-refractivity contribution in [3.05, 3.63) is 29.8 Å². The summed E-state index contributed by atoms with van der Waals surface area (Å²) in [5.74, 6) is 0.675. The first-order valence-corrected chi connectivity index (χ1v) is 8.65. The number of anilines is 3. The van der Waals surface area contributed by atoms with Crippen LogP contribution in [0.25, 0.3) is 0 Å². The van der Waals surface area contributed by atoms with Crippen LogP contribution in [0.4, 0.5) is 20.7 Å². The zero-order valence-electron chi connectivity index (χ0n) is 13.4. The number of piperidine rings is 1. The van der Waals surface area contributed by atoms with E-state index in [4.69, 9.17) is 0 Å². The van der Waals surface area contributed by atoms with E-state index in [0.717, 1.165) is 29.5 Å². The highest BCUT2D eigenvalue weighted by atomic mass is 32.1. The number of benzene rings is 1. The molecule has 2 N–H and O–H groups in total. The Morgan fingerprint density at radius 2 is 2.22 bits per heavy atom. The average molecular weight is 331 g/mol. The summed E-state index contributed by atoms with van der Waals surface area (Å²) in [6.45, 7) is 6.25. The van der Waals surface area contributed by atoms with E-state index in [1.165, 1.54) is 24.2 Å². The van der Waals surface area contributed by atoms with Gasteiger partial charge in [0.05, 0.1) is 0 Å². The Bertz CT molecular complexity index is 687. The van der Waals surface area contributed by atoms with E-state index < -0.39 is 0 Å². The number of aromatic nitrogens is 2. The minimum atomic E-state index is -0.301. The first-order valence-electron chi connectivity index (χ1n) is 7.83. The second-order valence-corrected chi connectivity index (χ2v) is 6.99. The first kappa shape index (κ1) is 15.7. The lowest BCUT2D eigenvalue weighted by Crippen LogP contribution is -2.34. The van der Waals surface area contributed by atoms with Gasteiger partial charge < -0.3 is 10.2 Å². The molecule has 122 valence electrons. The number of hydrogen-bond acceptors (Lipinski definition) is 5. The number of carbonyl (C=O) groups excluding carboxylic acids is 1. The zero-order valence-corrected chi connectivity index (χ0v) is 14.2. The molecule has 1 aromatic carbocycles. The Hall–Kier alpha value is -2.15. The highest BCUT2D eigenvalue weighted by Gasteiger charge is 2.20. The summed E-state index contributed by atoms with van der Waals surface area (Å²) in [6, 6.07) is 7.36. The summed E-state index contributed by atoms with van der Waals surface area (Å²) in [6.07, 6.45) is 2.44. The Morgan fingerprint density at radius 3 is 3.00 bits per heavy atom. The van der Waals surface area contributed by atoms with Crippen LogP contribution in [0.3, 0.4) is 0 Å². The van der Waals surface area contributed by atoms with E-state index in [1.54, 1.807) is 0 Å². The molecule has 0 aliphatic carbocycles. The summed E-state index contributed by atoms with van der Waals surface area (Å²) in [5.41, 5.74) is 1.86. The summed E-state index contributed by atoms with van der Waals surface area (Å²) in [7, 11) is 0. The summed E-state index contributed by atoms with van der Waals surface area (Å²) < 4.78 is 0. The number of amides is 2. The fourth-order valence-electron chi connectivity index (χ4n) is 2.74. The van der Waals surface area contributed by atoms with Gasteiger partial charge in [-0.05, 0) is 43.4 Å². The van der Waals surface area contributed by atoms with Crippen LogP contribution in [0.1, 0.15) is 25.3 Å². The molecular formula is C16H21N5OS. The second-order valence-electron chi connectivity index (χ2n) is 6.03. The SMILES string of the molecule is Cc1cccc(NC(=O)Nc2nnc(N3CCCC(C)C3)s2)c1. The molecule has 1 aromatic heterocycles. The number of aryl methyl sites for hydroxylation is 1. The maximum absolute atomic E-state index is 12.0. The fourth-order valence-corrected chi connectivity index (χ4v) is 3.51. The van der Waals surface area contributed by atoms with Gasteiger partial charge in [-0.25, -0.2) is 4.79 Å². The van der Waals surface area contributed by atoms with Crippen LogP contribution in [0.15, 0.2) is 24.3 Å². The van der Waals surface area contributed by atoms with Crippen LogP contribution < -0.4 is 15.5 Å². The number of hydrogen-bond donors (Lipinski definition) is 2. The van der Waals surface area contributed by atoms with Gasteiger partial charge >= 0.3 is 6.03 Å². The number of nitrogens with one attached hydrogen (secondary N) is 2. The van der Waals surface area contributed by atoms with Gasteiger partial charge in [-0.2, -0.15) is 0 Å². The van der Waals surface area contributed by atoms with Crippen molar-refractivity contribution < 1.29 is 4.79 Å². The van der Waals surface area contributed by atoms with Gasteiger partial charge in [0.1, 0.15) is 0 Å². The molecule has 7 heteroatoms. The molecule has 2 heterocycles. The standard InChI is InChI=1S/C16H21N5OS/c1-11-5-3-7-13(9-11)17-14(22)18-15-19-20-16(23-15)21-8-4-6-12(2)10-21/h3,5,7,9,12H,4,6,8,10H2,1-2H3,(H2,17,18,19,22). The van der Waals surface area contributed by atoms with Crippen molar-refractivity contribution >= 4 is 33.3 Å². The molecule has 1 aliphatic heterocycles. The lowest BCUT2D eigenvalue weighted by molar-refractivity contribution is 0.262. The van der Waals surface area contributed by atoms with Gasteiger partial charge in [0, 0.05) is 18.8 Å². The molecule has 1 saturated heterocycles. The molecule has 0 radical (unpaired) electrons. The third-order valence-electron chi connectivity index (χ3n) is 3.84. The van der Waals surface area contributed by atoms with Crippen LogP contribution in [-0.4, -0.2) is 29.3 Å². The molecule has 0 saturated carbocycles. The molecule has 23 heavy (non-hydrogen) atoms. The van der Waals surface area contributed by atoms with E-state index in [2.05, 4.69) is 32.7 Å². The number of urea groups is 1. The normalized spacial score (nSPS) is 17.8. The van der Waals surface area contributed by atoms with Crippen LogP contribution in [0, 0.1) is 12.8 Å². The molecule has 1 fully saturated rings. The van der Waals surface area contributed by atoms with Crippen molar-refractivity contribution in [1.29, 1.82) is 0 Å². The predicted molar refractivity (Wildman–Crippen MR) is 94.3 cm³/mol. The van der Waals surface area contributed by atoms with Crippen molar-refractivity contribution in [3.8, 4) is 0 Å². The predicted octanol–water partition coefficient (Wildman–Crippen LogP) is 3.73. The molecule has 0 spiro atoms. The largest absolute Gasteiger partial charge is 0.346 e. The van der Waals surface area contributed by atoms with Crippen LogP contribution in [0.5, 0.6) is 0 Å². The molecular weight excluding hydrogens is 310 g/mol. The fraction of sp³-hybridized carbons (Fsp3) is 0.438. The van der Waals surface area contributed by atoms with E-state index in [1.807, 2.05) is 31.2 Å². The average Bonchev–Trinajstić information content (AvgIpc) is 2.95. The maximum atomic E-state index is 12.0. The highest BCUT2D eigenvalue weighted by Crippen LogP contribution is 2.28. The van der Waals surface area contributed by atoms with E-state index in [9.17, 15) is 4.79 Å². The maximum Gasteiger partial charge on any atom is 0.325 e. The van der Waals surface area contributed by atoms with Gasteiger partial charge in [-0.15, -0.1) is 10.2 Å². The van der Waals surface area contributed by atoms with Crippen molar-refractivity contribution in [2.24, 2.45) is 5.92 Å². The van der Waals surface area contributed by atoms with Crippen molar-refractivity contribution in [2.45, 2.75) is 26.7 Å². The van der Waals surface area contributed by atoms with Crippen molar-refractivity contribution in [2.75, 3.05) is 28.6 Å². The molecule has 2 amide bonds. The van der Waals surface area contributed by atoms with Gasteiger partial charge in [0.25, 0.3) is 0 Å². The minimum absolute atomic E-state index is 0.301. The zero-order chi connectivity index (χ0) is 16.2. The lowest BCUT2D eigenvalue weighted by Gasteiger charge is -2.29. The molecule has 3 rings (SSSR count). The number of carbonyl (C=O) groups is 1. The summed E-state index contributed by atoms with van der Waals surface area (Å²) in [5, 5.41) is 15.2. The molecule has 0 bridgehead atoms. The summed E-state index contributed by atoms with van der Waals surface area (Å²) in [4.78, 5) is 14.3. The van der Waals surface area contributed by atoms with Crippen LogP contribution in [-0.2, 0) is 0 Å². The molecule has 6 nitrogen and oxygen atoms in total. The molecule has 2 aromatic rings. The first-order chi connectivity index (χ1) is 11.1. The van der Waals surface area contributed by atoms with Crippen molar-refractivity contribution in [1.82, 2.24) is 10.2 Å². The monoisotopic (exact) mass is 331 g/mol. The molecule has 1 aliphatic rings. The van der Waals surface area contributed by atoms with Gasteiger partial charge in [0.2, 0.25) is 10.3 Å². The third kappa shape index (κ3) is 4.19. The van der Waals surface area contributed by atoms with E-state index in [-0.39, 0.29) is 6.03 Å². The Balaban J connectivity index is 1.59. The minimum Gasteiger partial charge on any atom is -0.346 e. The van der Waals surface area contributed by atoms with Gasteiger partial charge in [0.15, 0.2) is 0 Å². The van der Waals surface area contributed by atoms with E-state index in [0.29, 0.717) is 11.0 Å². The van der Waals surface area contributed by atoms with Gasteiger partial charge in [-0.3, -0.25) is 5.32 Å². The van der Waals surface area contributed by atoms with Crippen molar-refractivity contribution in [3.63, 3.8) is 0 Å². The Labute approximate surface area is 139 Å². The Morgan fingerprint density at radius 1 is 1.35 bits per heavy atom. The van der Waals surface area contributed by atoms with E-state index >= 15 is 0 Å². The second kappa shape index (κ2) is 6.95. The number of rotatable bonds is 3. The molecule has 1 unspecified atom stereocenters. The van der Waals surface area contributed by atoms with Crippen LogP contribution in [0.2, 0.25) is 0 Å². The van der Waals surface area contributed by atoms with Crippen LogP contribution >= 0.6 is 11.3 Å². The number of nitrogens with zero attached hydrogens (tertiary/aromatic N) is 3. The quantitative estimate of drug-likeness (QED) is 0.899.